The molecule has 1 aromatic carbocycles. The number of amides is 3. The molecule has 0 spiro atoms. The van der Waals surface area contributed by atoms with E-state index in [-0.39, 0.29) is 24.1 Å². The van der Waals surface area contributed by atoms with Crippen LogP contribution in [0.3, 0.4) is 0 Å². The molecule has 1 aliphatic heterocycles. The van der Waals surface area contributed by atoms with Crippen molar-refractivity contribution in [3.63, 3.8) is 0 Å². The molecule has 2 heterocycles. The molecule has 3 amide bonds. The third kappa shape index (κ3) is 4.45. The first-order chi connectivity index (χ1) is 12.4. The first-order valence-electron chi connectivity index (χ1n) is 8.32. The van der Waals surface area contributed by atoms with Crippen molar-refractivity contribution in [1.29, 1.82) is 0 Å². The summed E-state index contributed by atoms with van der Waals surface area (Å²) in [7, 11) is 0. The van der Waals surface area contributed by atoms with E-state index < -0.39 is 6.04 Å². The molecule has 0 aliphatic carbocycles. The van der Waals surface area contributed by atoms with Gasteiger partial charge in [0.15, 0.2) is 5.13 Å². The molecule has 26 heavy (non-hydrogen) atoms. The molecule has 0 bridgehead atoms. The highest BCUT2D eigenvalue weighted by molar-refractivity contribution is 7.13. The number of rotatable bonds is 5. The van der Waals surface area contributed by atoms with Crippen LogP contribution in [0.5, 0.6) is 0 Å². The van der Waals surface area contributed by atoms with Gasteiger partial charge in [-0.1, -0.05) is 6.07 Å². The molecule has 1 fully saturated rings. The van der Waals surface area contributed by atoms with E-state index in [1.54, 1.807) is 5.38 Å². The molecule has 2 aromatic rings. The third-order valence-corrected chi connectivity index (χ3v) is 5.03. The molecule has 8 heteroatoms. The third-order valence-electron chi connectivity index (χ3n) is 4.23. The summed E-state index contributed by atoms with van der Waals surface area (Å²) in [6, 6.07) is 5.24. The average Bonchev–Trinajstić information content (AvgIpc) is 3.20. The number of nitrogens with one attached hydrogen (secondary N) is 3. The summed E-state index contributed by atoms with van der Waals surface area (Å²) in [5, 5.41) is 10.3. The van der Waals surface area contributed by atoms with Crippen LogP contribution in [0, 0.1) is 13.8 Å². The summed E-state index contributed by atoms with van der Waals surface area (Å²) in [5.74, 6) is -0.566. The number of aromatic nitrogens is 1. The van der Waals surface area contributed by atoms with E-state index in [9.17, 15) is 14.4 Å². The van der Waals surface area contributed by atoms with Crippen molar-refractivity contribution in [1.82, 2.24) is 10.3 Å². The van der Waals surface area contributed by atoms with E-state index in [1.165, 1.54) is 16.9 Å². The average molecular weight is 372 g/mol. The number of nitrogens with zero attached hydrogens (tertiary/aromatic N) is 1. The lowest BCUT2D eigenvalue weighted by Crippen LogP contribution is -2.37. The summed E-state index contributed by atoms with van der Waals surface area (Å²) in [6.45, 7) is 4.01. The highest BCUT2D eigenvalue weighted by atomic mass is 32.1. The standard InChI is InChI=1S/C18H20N4O3S/c1-10-3-4-12(7-11(10)2)19-16(24)8-13-9-26-18(20-13)22-17(25)14-5-6-15(23)21-14/h3-4,7,9,14H,5-6,8H2,1-2H3,(H,19,24)(H,21,23)(H,20,22,25). The van der Waals surface area contributed by atoms with Gasteiger partial charge in [0.2, 0.25) is 17.7 Å². The van der Waals surface area contributed by atoms with E-state index in [0.717, 1.165) is 11.3 Å². The predicted molar refractivity (Wildman–Crippen MR) is 100 cm³/mol. The Morgan fingerprint density at radius 1 is 1.27 bits per heavy atom. The van der Waals surface area contributed by atoms with Crippen LogP contribution in [-0.2, 0) is 20.8 Å². The lowest BCUT2D eigenvalue weighted by molar-refractivity contribution is -0.122. The van der Waals surface area contributed by atoms with Crippen molar-refractivity contribution in [3.05, 3.63) is 40.4 Å². The zero-order chi connectivity index (χ0) is 18.7. The van der Waals surface area contributed by atoms with Gasteiger partial charge < -0.3 is 16.0 Å². The Bertz CT molecular complexity index is 862. The Morgan fingerprint density at radius 2 is 2.08 bits per heavy atom. The Kier molecular flexibility index (Phi) is 5.32. The second-order valence-corrected chi connectivity index (χ2v) is 7.17. The first-order valence-corrected chi connectivity index (χ1v) is 9.20. The summed E-state index contributed by atoms with van der Waals surface area (Å²) >= 11 is 1.25. The van der Waals surface area contributed by atoms with Crippen LogP contribution in [0.4, 0.5) is 10.8 Å². The van der Waals surface area contributed by atoms with Crippen molar-refractivity contribution < 1.29 is 14.4 Å². The fourth-order valence-electron chi connectivity index (χ4n) is 2.64. The van der Waals surface area contributed by atoms with Crippen molar-refractivity contribution in [2.24, 2.45) is 0 Å². The smallest absolute Gasteiger partial charge is 0.248 e. The number of benzene rings is 1. The highest BCUT2D eigenvalue weighted by Gasteiger charge is 2.27. The molecule has 1 atom stereocenters. The van der Waals surface area contributed by atoms with E-state index in [2.05, 4.69) is 20.9 Å². The maximum Gasteiger partial charge on any atom is 0.248 e. The van der Waals surface area contributed by atoms with Crippen molar-refractivity contribution >= 4 is 39.9 Å². The van der Waals surface area contributed by atoms with Crippen LogP contribution in [0.2, 0.25) is 0 Å². The number of hydrogen-bond acceptors (Lipinski definition) is 5. The second-order valence-electron chi connectivity index (χ2n) is 6.32. The summed E-state index contributed by atoms with van der Waals surface area (Å²) in [6.07, 6.45) is 0.973. The number of carbonyl (C=O) groups is 3. The SMILES string of the molecule is Cc1ccc(NC(=O)Cc2csc(NC(=O)C3CCC(=O)N3)n2)cc1C. The number of hydrogen-bond donors (Lipinski definition) is 3. The number of carbonyl (C=O) groups excluding carboxylic acids is 3. The van der Waals surface area contributed by atoms with Crippen molar-refractivity contribution in [2.45, 2.75) is 39.2 Å². The van der Waals surface area contributed by atoms with Gasteiger partial charge in [-0.3, -0.25) is 14.4 Å². The summed E-state index contributed by atoms with van der Waals surface area (Å²) < 4.78 is 0. The monoisotopic (exact) mass is 372 g/mol. The minimum atomic E-state index is -0.511. The largest absolute Gasteiger partial charge is 0.344 e. The zero-order valence-electron chi connectivity index (χ0n) is 14.6. The quantitative estimate of drug-likeness (QED) is 0.749. The van der Waals surface area contributed by atoms with Crippen LogP contribution < -0.4 is 16.0 Å². The lowest BCUT2D eigenvalue weighted by atomic mass is 10.1. The Labute approximate surface area is 155 Å². The van der Waals surface area contributed by atoms with E-state index in [4.69, 9.17) is 0 Å². The molecule has 0 radical (unpaired) electrons. The number of aryl methyl sites for hydroxylation is 2. The Morgan fingerprint density at radius 3 is 2.77 bits per heavy atom. The predicted octanol–water partition coefficient (Wildman–Crippen LogP) is 2.16. The van der Waals surface area contributed by atoms with Crippen LogP contribution in [0.15, 0.2) is 23.6 Å². The van der Waals surface area contributed by atoms with E-state index in [0.29, 0.717) is 23.7 Å². The molecule has 7 nitrogen and oxygen atoms in total. The van der Waals surface area contributed by atoms with Gasteiger partial charge >= 0.3 is 0 Å². The molecule has 136 valence electrons. The lowest BCUT2D eigenvalue weighted by Gasteiger charge is -2.08. The Hall–Kier alpha value is -2.74. The van der Waals surface area contributed by atoms with Gasteiger partial charge in [-0.05, 0) is 43.5 Å². The van der Waals surface area contributed by atoms with Gasteiger partial charge in [-0.15, -0.1) is 11.3 Å². The zero-order valence-corrected chi connectivity index (χ0v) is 15.4. The van der Waals surface area contributed by atoms with Crippen LogP contribution in [-0.4, -0.2) is 28.7 Å². The number of thiazole rings is 1. The van der Waals surface area contributed by atoms with Gasteiger partial charge in [0.1, 0.15) is 6.04 Å². The Balaban J connectivity index is 1.54. The second kappa shape index (κ2) is 7.65. The molecular formula is C18H20N4O3S. The van der Waals surface area contributed by atoms with Crippen LogP contribution in [0.25, 0.3) is 0 Å². The fraction of sp³-hybridized carbons (Fsp3) is 0.333. The minimum Gasteiger partial charge on any atom is -0.344 e. The molecule has 3 N–H and O–H groups in total. The first kappa shape index (κ1) is 18.1. The highest BCUT2D eigenvalue weighted by Crippen LogP contribution is 2.19. The molecule has 0 saturated carbocycles. The number of anilines is 2. The van der Waals surface area contributed by atoms with Gasteiger partial charge in [-0.25, -0.2) is 4.98 Å². The van der Waals surface area contributed by atoms with Crippen LogP contribution >= 0.6 is 11.3 Å². The van der Waals surface area contributed by atoms with Gasteiger partial charge in [0.05, 0.1) is 12.1 Å². The normalized spacial score (nSPS) is 16.2. The van der Waals surface area contributed by atoms with Gasteiger partial charge in [-0.2, -0.15) is 0 Å². The molecule has 1 saturated heterocycles. The summed E-state index contributed by atoms with van der Waals surface area (Å²) in [5.41, 5.74) is 3.61. The molecule has 1 unspecified atom stereocenters. The maximum absolute atomic E-state index is 12.2. The minimum absolute atomic E-state index is 0.118. The molecule has 1 aliphatic rings. The molecule has 1 aromatic heterocycles. The van der Waals surface area contributed by atoms with Crippen molar-refractivity contribution in [2.75, 3.05) is 10.6 Å². The van der Waals surface area contributed by atoms with E-state index >= 15 is 0 Å². The molecular weight excluding hydrogens is 352 g/mol. The van der Waals surface area contributed by atoms with Crippen molar-refractivity contribution in [3.8, 4) is 0 Å². The van der Waals surface area contributed by atoms with Crippen LogP contribution in [0.1, 0.15) is 29.7 Å². The fourth-order valence-corrected chi connectivity index (χ4v) is 3.35. The van der Waals surface area contributed by atoms with Gasteiger partial charge in [0, 0.05) is 17.5 Å². The maximum atomic E-state index is 12.2. The summed E-state index contributed by atoms with van der Waals surface area (Å²) in [4.78, 5) is 39.7. The topological polar surface area (TPSA) is 100 Å². The van der Waals surface area contributed by atoms with Gasteiger partial charge in [0.25, 0.3) is 0 Å². The molecule has 3 rings (SSSR count). The van der Waals surface area contributed by atoms with E-state index in [1.807, 2.05) is 32.0 Å².